The number of rotatable bonds is 4. The summed E-state index contributed by atoms with van der Waals surface area (Å²) >= 11 is 16.6. The maximum absolute atomic E-state index is 12.8. The van der Waals surface area contributed by atoms with Crippen LogP contribution in [0.25, 0.3) is 6.08 Å². The van der Waals surface area contributed by atoms with E-state index in [0.29, 0.717) is 21.2 Å². The number of ether oxygens (including phenoxy) is 1. The first-order valence-electron chi connectivity index (χ1n) is 7.67. The maximum Gasteiger partial charge on any atom is 0.285 e. The van der Waals surface area contributed by atoms with Gasteiger partial charge in [-0.05, 0) is 99.9 Å². The molecule has 10 heteroatoms. The summed E-state index contributed by atoms with van der Waals surface area (Å²) < 4.78 is 7.66. The molecule has 1 fully saturated rings. The van der Waals surface area contributed by atoms with Crippen molar-refractivity contribution < 1.29 is 14.3 Å². The van der Waals surface area contributed by atoms with Crippen LogP contribution < -0.4 is 10.2 Å². The Morgan fingerprint density at radius 1 is 1.29 bits per heavy atom. The second kappa shape index (κ2) is 9.28. The second-order valence-electron chi connectivity index (χ2n) is 5.48. The summed E-state index contributed by atoms with van der Waals surface area (Å²) in [6, 6.07) is 10.3. The van der Waals surface area contributed by atoms with Crippen molar-refractivity contribution in [3.05, 3.63) is 64.6 Å². The van der Waals surface area contributed by atoms with Crippen molar-refractivity contribution in [1.82, 2.24) is 10.4 Å². The van der Waals surface area contributed by atoms with E-state index in [2.05, 4.69) is 50.6 Å². The lowest BCUT2D eigenvalue weighted by Crippen LogP contribution is -2.44. The molecule has 3 rings (SSSR count). The number of hydrogen-bond donors (Lipinski definition) is 1. The van der Waals surface area contributed by atoms with Gasteiger partial charge in [-0.15, -0.1) is 0 Å². The van der Waals surface area contributed by atoms with E-state index in [1.54, 1.807) is 37.5 Å². The molecule has 0 spiro atoms. The van der Waals surface area contributed by atoms with Gasteiger partial charge >= 0.3 is 0 Å². The predicted octanol–water partition coefficient (Wildman–Crippen LogP) is 5.10. The van der Waals surface area contributed by atoms with Gasteiger partial charge in [0.15, 0.2) is 4.32 Å². The van der Waals surface area contributed by atoms with Crippen LogP contribution in [0.15, 0.2) is 41.3 Å². The van der Waals surface area contributed by atoms with E-state index < -0.39 is 11.8 Å². The molecule has 0 radical (unpaired) electrons. The van der Waals surface area contributed by atoms with Gasteiger partial charge in [-0.2, -0.15) is 5.01 Å². The molecule has 1 aliphatic heterocycles. The highest BCUT2D eigenvalue weighted by atomic mass is 127. The number of amides is 2. The molecular formula is C18H11ClI2N2O3S2. The molecule has 0 saturated carbocycles. The van der Waals surface area contributed by atoms with Gasteiger partial charge < -0.3 is 4.74 Å². The Morgan fingerprint density at radius 2 is 1.96 bits per heavy atom. The number of thiocarbonyl (C=S) groups is 1. The van der Waals surface area contributed by atoms with E-state index in [1.165, 1.54) is 0 Å². The van der Waals surface area contributed by atoms with Crippen molar-refractivity contribution in [3.63, 3.8) is 0 Å². The quantitative estimate of drug-likeness (QED) is 0.282. The summed E-state index contributed by atoms with van der Waals surface area (Å²) in [5, 5.41) is 1.60. The second-order valence-corrected chi connectivity index (χ2v) is 10.00. The average molecular weight is 657 g/mol. The number of halogens is 3. The highest BCUT2D eigenvalue weighted by Crippen LogP contribution is 2.35. The van der Waals surface area contributed by atoms with Gasteiger partial charge in [-0.3, -0.25) is 15.0 Å². The molecule has 1 heterocycles. The SMILES string of the molecule is COc1c(I)cc(I)cc1/C=C1/SC(=S)N(NC(=O)c2ccc(Cl)cc2)C1=O. The Bertz CT molecular complexity index is 1010. The van der Waals surface area contributed by atoms with Gasteiger partial charge in [0.05, 0.1) is 15.6 Å². The van der Waals surface area contributed by atoms with Gasteiger partial charge in [0, 0.05) is 19.7 Å². The minimum atomic E-state index is -0.449. The fourth-order valence-corrected chi connectivity index (χ4v) is 5.78. The number of carbonyl (C=O) groups is 2. The molecular weight excluding hydrogens is 646 g/mol. The Kier molecular flexibility index (Phi) is 7.23. The fraction of sp³-hybridized carbons (Fsp3) is 0.0556. The molecule has 1 saturated heterocycles. The number of carbonyl (C=O) groups excluding carboxylic acids is 2. The zero-order valence-corrected chi connectivity index (χ0v) is 20.9. The number of hydrogen-bond acceptors (Lipinski definition) is 5. The standard InChI is InChI=1S/C18H11ClI2N2O3S2/c1-26-15-10(6-12(20)8-13(15)21)7-14-17(25)23(18(27)28-14)22-16(24)9-2-4-11(19)5-3-9/h2-8H,1H3,(H,22,24)/b14-7+. The van der Waals surface area contributed by atoms with E-state index in [9.17, 15) is 9.59 Å². The predicted molar refractivity (Wildman–Crippen MR) is 132 cm³/mol. The lowest BCUT2D eigenvalue weighted by molar-refractivity contribution is -0.123. The van der Waals surface area contributed by atoms with Crippen molar-refractivity contribution in [2.45, 2.75) is 0 Å². The molecule has 5 nitrogen and oxygen atoms in total. The van der Waals surface area contributed by atoms with Crippen LogP contribution in [0.4, 0.5) is 0 Å². The minimum Gasteiger partial charge on any atom is -0.495 e. The van der Waals surface area contributed by atoms with Crippen LogP contribution in [0.1, 0.15) is 15.9 Å². The molecule has 1 aliphatic rings. The van der Waals surface area contributed by atoms with Crippen LogP contribution in [-0.4, -0.2) is 28.3 Å². The lowest BCUT2D eigenvalue weighted by atomic mass is 10.2. The Labute approximate surface area is 203 Å². The molecule has 0 unspecified atom stereocenters. The largest absolute Gasteiger partial charge is 0.495 e. The lowest BCUT2D eigenvalue weighted by Gasteiger charge is -2.15. The number of methoxy groups -OCH3 is 1. The molecule has 0 atom stereocenters. The van der Waals surface area contributed by atoms with Crippen LogP contribution in [0.5, 0.6) is 5.75 Å². The van der Waals surface area contributed by atoms with Crippen LogP contribution in [0, 0.1) is 7.14 Å². The highest BCUT2D eigenvalue weighted by Gasteiger charge is 2.34. The first-order chi connectivity index (χ1) is 13.3. The molecule has 2 aromatic carbocycles. The normalized spacial score (nSPS) is 15.3. The van der Waals surface area contributed by atoms with Gasteiger partial charge in [-0.25, -0.2) is 0 Å². The van der Waals surface area contributed by atoms with Crippen molar-refractivity contribution >= 4 is 103 Å². The molecule has 1 N–H and O–H groups in total. The number of hydrazine groups is 1. The first kappa shape index (κ1) is 21.8. The smallest absolute Gasteiger partial charge is 0.285 e. The fourth-order valence-electron chi connectivity index (χ4n) is 2.38. The maximum atomic E-state index is 12.8. The van der Waals surface area contributed by atoms with Crippen molar-refractivity contribution in [3.8, 4) is 5.75 Å². The third-order valence-corrected chi connectivity index (χ3v) is 6.62. The number of nitrogens with zero attached hydrogens (tertiary/aromatic N) is 1. The van der Waals surface area contributed by atoms with Crippen molar-refractivity contribution in [2.24, 2.45) is 0 Å². The van der Waals surface area contributed by atoms with Gasteiger partial charge in [0.2, 0.25) is 0 Å². The summed E-state index contributed by atoms with van der Waals surface area (Å²) in [6.45, 7) is 0. The third-order valence-electron chi connectivity index (χ3n) is 3.64. The van der Waals surface area contributed by atoms with E-state index in [-0.39, 0.29) is 4.32 Å². The summed E-state index contributed by atoms with van der Waals surface area (Å²) in [6.07, 6.45) is 1.72. The number of benzene rings is 2. The minimum absolute atomic E-state index is 0.248. The van der Waals surface area contributed by atoms with Crippen molar-refractivity contribution in [2.75, 3.05) is 7.11 Å². The summed E-state index contributed by atoms with van der Waals surface area (Å²) in [5.74, 6) is -0.166. The molecule has 2 amide bonds. The third kappa shape index (κ3) is 4.81. The average Bonchev–Trinajstić information content (AvgIpc) is 2.89. The van der Waals surface area contributed by atoms with E-state index in [1.807, 2.05) is 12.1 Å². The first-order valence-corrected chi connectivity index (χ1v) is 11.4. The monoisotopic (exact) mass is 656 g/mol. The van der Waals surface area contributed by atoms with E-state index in [0.717, 1.165) is 29.5 Å². The summed E-state index contributed by atoms with van der Waals surface area (Å²) in [4.78, 5) is 25.6. The molecule has 28 heavy (non-hydrogen) atoms. The topological polar surface area (TPSA) is 58.6 Å². The Balaban J connectivity index is 1.85. The molecule has 0 aliphatic carbocycles. The van der Waals surface area contributed by atoms with Crippen LogP contribution >= 0.6 is 80.8 Å². The highest BCUT2D eigenvalue weighted by molar-refractivity contribution is 14.1. The van der Waals surface area contributed by atoms with Gasteiger partial charge in [0.1, 0.15) is 5.75 Å². The molecule has 0 bridgehead atoms. The van der Waals surface area contributed by atoms with E-state index >= 15 is 0 Å². The molecule has 2 aromatic rings. The Morgan fingerprint density at radius 3 is 2.61 bits per heavy atom. The number of thioether (sulfide) groups is 1. The van der Waals surface area contributed by atoms with Gasteiger partial charge in [-0.1, -0.05) is 23.4 Å². The molecule has 144 valence electrons. The zero-order valence-electron chi connectivity index (χ0n) is 14.2. The van der Waals surface area contributed by atoms with Gasteiger partial charge in [0.25, 0.3) is 11.8 Å². The Hall–Kier alpha value is -0.890. The van der Waals surface area contributed by atoms with E-state index in [4.69, 9.17) is 28.6 Å². The van der Waals surface area contributed by atoms with Crippen LogP contribution in [0.2, 0.25) is 5.02 Å². The van der Waals surface area contributed by atoms with Crippen molar-refractivity contribution in [1.29, 1.82) is 0 Å². The molecule has 0 aromatic heterocycles. The van der Waals surface area contributed by atoms with Crippen LogP contribution in [0.3, 0.4) is 0 Å². The number of nitrogens with one attached hydrogen (secondary N) is 1. The summed E-state index contributed by atoms with van der Waals surface area (Å²) in [5.41, 5.74) is 3.68. The van der Waals surface area contributed by atoms with Crippen LogP contribution in [-0.2, 0) is 4.79 Å². The summed E-state index contributed by atoms with van der Waals surface area (Å²) in [7, 11) is 1.58. The zero-order chi connectivity index (χ0) is 20.4.